The molecule has 0 aromatic heterocycles. The van der Waals surface area contributed by atoms with Crippen LogP contribution in [0.3, 0.4) is 0 Å². The molecule has 1 aromatic carbocycles. The second kappa shape index (κ2) is 4.90. The lowest BCUT2D eigenvalue weighted by molar-refractivity contribution is 0.599. The highest BCUT2D eigenvalue weighted by Gasteiger charge is 2.28. The quantitative estimate of drug-likeness (QED) is 0.801. The van der Waals surface area contributed by atoms with Gasteiger partial charge in [-0.05, 0) is 12.5 Å². The lowest BCUT2D eigenvalue weighted by Crippen LogP contribution is -2.07. The first-order valence-corrected chi connectivity index (χ1v) is 7.97. The predicted octanol–water partition coefficient (Wildman–Crippen LogP) is 3.13. The van der Waals surface area contributed by atoms with E-state index in [1.54, 1.807) is 12.1 Å². The highest BCUT2D eigenvalue weighted by molar-refractivity contribution is 9.09. The first-order chi connectivity index (χ1) is 8.04. The van der Waals surface area contributed by atoms with Crippen LogP contribution < -0.4 is 0 Å². The molecular weight excluding hydrogens is 302 g/mol. The Bertz CT molecular complexity index is 551. The summed E-state index contributed by atoms with van der Waals surface area (Å²) in [5.74, 6) is 0. The summed E-state index contributed by atoms with van der Waals surface area (Å²) < 4.78 is 27.5. The Morgan fingerprint density at radius 3 is 2.76 bits per heavy atom. The number of halogens is 1. The third-order valence-corrected chi connectivity index (χ3v) is 4.88. The fourth-order valence-electron chi connectivity index (χ4n) is 1.95. The number of rotatable bonds is 4. The summed E-state index contributed by atoms with van der Waals surface area (Å²) in [4.78, 5) is 0.624. The van der Waals surface area contributed by atoms with Crippen LogP contribution in [0, 0.1) is 0 Å². The molecule has 1 unspecified atom stereocenters. The number of fused-ring (bicyclic) bond motifs is 1. The summed E-state index contributed by atoms with van der Waals surface area (Å²) in [5.41, 5.74) is 1.43. The minimum Gasteiger partial charge on any atom is -0.199 e. The van der Waals surface area contributed by atoms with E-state index in [-0.39, 0.29) is 4.83 Å². The molecule has 5 heteroatoms. The molecular formula is C12H14BrNO2S. The van der Waals surface area contributed by atoms with Gasteiger partial charge in [0.2, 0.25) is 0 Å². The van der Waals surface area contributed by atoms with E-state index in [2.05, 4.69) is 27.3 Å². The number of hydrogen-bond donors (Lipinski definition) is 0. The lowest BCUT2D eigenvalue weighted by atomic mass is 10.0. The fourth-order valence-corrected chi connectivity index (χ4v) is 3.99. The first-order valence-electron chi connectivity index (χ1n) is 5.62. The van der Waals surface area contributed by atoms with Crippen LogP contribution in [0.2, 0.25) is 0 Å². The molecule has 0 bridgehead atoms. The summed E-state index contributed by atoms with van der Waals surface area (Å²) in [7, 11) is -3.45. The van der Waals surface area contributed by atoms with E-state index in [4.69, 9.17) is 0 Å². The normalized spacial score (nSPS) is 18.6. The van der Waals surface area contributed by atoms with Crippen LogP contribution >= 0.6 is 15.9 Å². The number of alkyl halides is 1. The Balaban J connectivity index is 2.32. The number of hydrogen-bond acceptors (Lipinski definition) is 2. The van der Waals surface area contributed by atoms with Crippen LogP contribution in [-0.4, -0.2) is 19.0 Å². The summed E-state index contributed by atoms with van der Waals surface area (Å²) >= 11 is 3.56. The van der Waals surface area contributed by atoms with Crippen molar-refractivity contribution < 1.29 is 8.42 Å². The molecule has 0 radical (unpaired) electrons. The van der Waals surface area contributed by atoms with E-state index in [0.717, 1.165) is 18.4 Å². The minimum absolute atomic E-state index is 0.285. The van der Waals surface area contributed by atoms with Crippen LogP contribution in [0.15, 0.2) is 33.6 Å². The van der Waals surface area contributed by atoms with E-state index in [1.807, 2.05) is 12.1 Å². The van der Waals surface area contributed by atoms with Crippen LogP contribution in [0.5, 0.6) is 0 Å². The molecule has 0 spiro atoms. The van der Waals surface area contributed by atoms with Gasteiger partial charge in [-0.3, -0.25) is 0 Å². The molecule has 0 amide bonds. The Hall–Kier alpha value is -0.680. The maximum absolute atomic E-state index is 11.8. The van der Waals surface area contributed by atoms with Gasteiger partial charge in [-0.25, -0.2) is 0 Å². The standard InChI is InChI=1S/C12H14BrNO2S/c1-2-5-9(13)8-11-10-6-3-4-7-12(10)17(15,16)14-11/h3-4,6-7,9H,2,5,8H2,1H3. The molecule has 3 nitrogen and oxygen atoms in total. The number of benzene rings is 1. The first kappa shape index (κ1) is 12.8. The van der Waals surface area contributed by atoms with Crippen LogP contribution in [0.4, 0.5) is 0 Å². The van der Waals surface area contributed by atoms with Gasteiger partial charge in [0, 0.05) is 16.8 Å². The molecule has 1 aliphatic rings. The second-order valence-electron chi connectivity index (χ2n) is 4.10. The van der Waals surface area contributed by atoms with Gasteiger partial charge < -0.3 is 0 Å². The van der Waals surface area contributed by atoms with E-state index < -0.39 is 10.0 Å². The largest absolute Gasteiger partial charge is 0.283 e. The summed E-state index contributed by atoms with van der Waals surface area (Å²) in [6.45, 7) is 2.11. The van der Waals surface area contributed by atoms with Crippen molar-refractivity contribution in [1.82, 2.24) is 0 Å². The van der Waals surface area contributed by atoms with Crippen molar-refractivity contribution in [2.45, 2.75) is 35.9 Å². The molecule has 0 N–H and O–H groups in total. The Morgan fingerprint density at radius 2 is 2.06 bits per heavy atom. The SMILES string of the molecule is CCCC(Br)CC1=NS(=O)(=O)c2ccccc21. The Morgan fingerprint density at radius 1 is 1.35 bits per heavy atom. The lowest BCUT2D eigenvalue weighted by Gasteiger charge is -2.07. The molecule has 92 valence electrons. The fraction of sp³-hybridized carbons (Fsp3) is 0.417. The molecule has 1 atom stereocenters. The van der Waals surface area contributed by atoms with Crippen molar-refractivity contribution in [1.29, 1.82) is 0 Å². The molecule has 2 rings (SSSR count). The van der Waals surface area contributed by atoms with Gasteiger partial charge >= 0.3 is 0 Å². The molecule has 0 saturated carbocycles. The maximum Gasteiger partial charge on any atom is 0.283 e. The minimum atomic E-state index is -3.45. The highest BCUT2D eigenvalue weighted by atomic mass is 79.9. The molecule has 1 heterocycles. The zero-order valence-electron chi connectivity index (χ0n) is 9.56. The van der Waals surface area contributed by atoms with Crippen molar-refractivity contribution in [3.8, 4) is 0 Å². The summed E-state index contributed by atoms with van der Waals surface area (Å²) in [6, 6.07) is 7.01. The van der Waals surface area contributed by atoms with E-state index in [9.17, 15) is 8.42 Å². The summed E-state index contributed by atoms with van der Waals surface area (Å²) in [5, 5.41) is 0. The smallest absolute Gasteiger partial charge is 0.199 e. The van der Waals surface area contributed by atoms with Crippen molar-refractivity contribution in [2.75, 3.05) is 0 Å². The van der Waals surface area contributed by atoms with Crippen LogP contribution in [0.25, 0.3) is 0 Å². The number of nitrogens with zero attached hydrogens (tertiary/aromatic N) is 1. The van der Waals surface area contributed by atoms with E-state index in [1.165, 1.54) is 0 Å². The average molecular weight is 316 g/mol. The van der Waals surface area contributed by atoms with Crippen molar-refractivity contribution in [3.63, 3.8) is 0 Å². The number of sulfonamides is 1. The van der Waals surface area contributed by atoms with Crippen molar-refractivity contribution in [3.05, 3.63) is 29.8 Å². The van der Waals surface area contributed by atoms with Crippen LogP contribution in [0.1, 0.15) is 31.7 Å². The highest BCUT2D eigenvalue weighted by Crippen LogP contribution is 2.29. The average Bonchev–Trinajstić information content (AvgIpc) is 2.52. The molecule has 0 fully saturated rings. The third kappa shape index (κ3) is 2.60. The van der Waals surface area contributed by atoms with Gasteiger partial charge in [0.15, 0.2) is 0 Å². The predicted molar refractivity (Wildman–Crippen MR) is 72.4 cm³/mol. The summed E-state index contributed by atoms with van der Waals surface area (Å²) in [6.07, 6.45) is 2.74. The van der Waals surface area contributed by atoms with E-state index in [0.29, 0.717) is 17.0 Å². The topological polar surface area (TPSA) is 46.5 Å². The van der Waals surface area contributed by atoms with E-state index >= 15 is 0 Å². The van der Waals surface area contributed by atoms with Gasteiger partial charge in [-0.15, -0.1) is 0 Å². The molecule has 0 saturated heterocycles. The van der Waals surface area contributed by atoms with Gasteiger partial charge in [0.1, 0.15) is 0 Å². The zero-order valence-corrected chi connectivity index (χ0v) is 12.0. The maximum atomic E-state index is 11.8. The zero-order chi connectivity index (χ0) is 12.5. The Labute approximate surface area is 110 Å². The molecule has 1 aliphatic heterocycles. The Kier molecular flexibility index (Phi) is 3.68. The van der Waals surface area contributed by atoms with Crippen molar-refractivity contribution in [2.24, 2.45) is 4.40 Å². The monoisotopic (exact) mass is 315 g/mol. The third-order valence-electron chi connectivity index (χ3n) is 2.72. The van der Waals surface area contributed by atoms with Gasteiger partial charge in [-0.2, -0.15) is 12.8 Å². The van der Waals surface area contributed by atoms with Crippen molar-refractivity contribution >= 4 is 31.7 Å². The molecule has 17 heavy (non-hydrogen) atoms. The van der Waals surface area contributed by atoms with Gasteiger partial charge in [-0.1, -0.05) is 47.5 Å². The molecule has 0 aliphatic carbocycles. The van der Waals surface area contributed by atoms with Gasteiger partial charge in [0.05, 0.1) is 10.6 Å². The van der Waals surface area contributed by atoms with Crippen LogP contribution in [-0.2, 0) is 10.0 Å². The molecule has 1 aromatic rings. The second-order valence-corrected chi connectivity index (χ2v) is 6.97. The van der Waals surface area contributed by atoms with Gasteiger partial charge in [0.25, 0.3) is 10.0 Å².